The van der Waals surface area contributed by atoms with Gasteiger partial charge in [-0.3, -0.25) is 9.59 Å². The molecule has 0 aliphatic carbocycles. The number of nitrogens with one attached hydrogen (secondary N) is 1. The highest BCUT2D eigenvalue weighted by molar-refractivity contribution is 5.83. The van der Waals surface area contributed by atoms with Crippen molar-refractivity contribution in [2.75, 3.05) is 19.6 Å². The molecule has 3 fully saturated rings. The molecule has 1 N–H and O–H groups in total. The van der Waals surface area contributed by atoms with Gasteiger partial charge >= 0.3 is 0 Å². The maximum Gasteiger partial charge on any atom is 0.240 e. The molecule has 0 radical (unpaired) electrons. The summed E-state index contributed by atoms with van der Waals surface area (Å²) in [5.74, 6) is 1.50. The van der Waals surface area contributed by atoms with Gasteiger partial charge in [0.15, 0.2) is 0 Å². The predicted octanol–water partition coefficient (Wildman–Crippen LogP) is 1.56. The van der Waals surface area contributed by atoms with Gasteiger partial charge in [-0.1, -0.05) is 24.3 Å². The van der Waals surface area contributed by atoms with Gasteiger partial charge in [-0.25, -0.2) is 0 Å². The number of fused-ring (bicyclic) bond motifs is 5. The quantitative estimate of drug-likeness (QED) is 0.834. The Labute approximate surface area is 154 Å². The first-order chi connectivity index (χ1) is 12.7. The van der Waals surface area contributed by atoms with Crippen molar-refractivity contribution >= 4 is 11.8 Å². The fourth-order valence-electron chi connectivity index (χ4n) is 5.64. The topological polar surface area (TPSA) is 52.7 Å². The molecule has 4 aliphatic rings. The summed E-state index contributed by atoms with van der Waals surface area (Å²) in [6.45, 7) is 3.26. The zero-order valence-corrected chi connectivity index (χ0v) is 15.2. The van der Waals surface area contributed by atoms with E-state index >= 15 is 0 Å². The summed E-state index contributed by atoms with van der Waals surface area (Å²) in [7, 11) is 0. The van der Waals surface area contributed by atoms with Crippen LogP contribution in [0.1, 0.15) is 36.8 Å². The van der Waals surface area contributed by atoms with Crippen molar-refractivity contribution in [3.63, 3.8) is 0 Å². The second-order valence-electron chi connectivity index (χ2n) is 8.52. The SMILES string of the molecule is O=C([C@H]1Cc2ccccc2CN1)N1CC2CC(C1)[C@@H]1CCCC(=O)N1C2. The van der Waals surface area contributed by atoms with Crippen molar-refractivity contribution in [1.82, 2.24) is 15.1 Å². The Kier molecular flexibility index (Phi) is 4.00. The van der Waals surface area contributed by atoms with E-state index in [0.29, 0.717) is 30.2 Å². The molecule has 5 nitrogen and oxygen atoms in total. The highest BCUT2D eigenvalue weighted by Gasteiger charge is 2.45. The minimum absolute atomic E-state index is 0.104. The van der Waals surface area contributed by atoms with Gasteiger partial charge in [0.05, 0.1) is 6.04 Å². The van der Waals surface area contributed by atoms with Gasteiger partial charge < -0.3 is 15.1 Å². The van der Waals surface area contributed by atoms with Crippen LogP contribution in [0.15, 0.2) is 24.3 Å². The maximum absolute atomic E-state index is 13.2. The largest absolute Gasteiger partial charge is 0.341 e. The Hall–Kier alpha value is -1.88. The van der Waals surface area contributed by atoms with Crippen molar-refractivity contribution in [3.8, 4) is 0 Å². The molecule has 26 heavy (non-hydrogen) atoms. The predicted molar refractivity (Wildman–Crippen MR) is 98.3 cm³/mol. The molecule has 1 aromatic rings. The first kappa shape index (κ1) is 16.3. The summed E-state index contributed by atoms with van der Waals surface area (Å²) in [4.78, 5) is 29.7. The number of amides is 2. The van der Waals surface area contributed by atoms with Gasteiger partial charge in [0.1, 0.15) is 0 Å². The number of benzene rings is 1. The highest BCUT2D eigenvalue weighted by Crippen LogP contribution is 2.38. The first-order valence-electron chi connectivity index (χ1n) is 10.1. The van der Waals surface area contributed by atoms with E-state index in [1.54, 1.807) is 0 Å². The summed E-state index contributed by atoms with van der Waals surface area (Å²) in [6.07, 6.45) is 4.80. The Morgan fingerprint density at radius 1 is 1.12 bits per heavy atom. The van der Waals surface area contributed by atoms with E-state index in [1.165, 1.54) is 17.5 Å². The lowest BCUT2D eigenvalue weighted by molar-refractivity contribution is -0.149. The van der Waals surface area contributed by atoms with Gasteiger partial charge in [-0.2, -0.15) is 0 Å². The molecule has 1 aromatic carbocycles. The molecule has 4 heterocycles. The fourth-order valence-corrected chi connectivity index (χ4v) is 5.64. The van der Waals surface area contributed by atoms with E-state index in [9.17, 15) is 9.59 Å². The molecular formula is C21H27N3O2. The average molecular weight is 353 g/mol. The lowest BCUT2D eigenvalue weighted by Crippen LogP contribution is -2.63. The molecule has 2 bridgehead atoms. The minimum Gasteiger partial charge on any atom is -0.341 e. The third-order valence-corrected chi connectivity index (χ3v) is 6.87. The van der Waals surface area contributed by atoms with Gasteiger partial charge in [0, 0.05) is 38.6 Å². The van der Waals surface area contributed by atoms with Crippen LogP contribution in [0.25, 0.3) is 0 Å². The van der Waals surface area contributed by atoms with Gasteiger partial charge in [-0.05, 0) is 48.6 Å². The number of carbonyl (C=O) groups excluding carboxylic acids is 2. The van der Waals surface area contributed by atoms with Gasteiger partial charge in [0.2, 0.25) is 11.8 Å². The zero-order valence-electron chi connectivity index (χ0n) is 15.2. The number of hydrogen-bond acceptors (Lipinski definition) is 3. The maximum atomic E-state index is 13.2. The van der Waals surface area contributed by atoms with Crippen molar-refractivity contribution in [3.05, 3.63) is 35.4 Å². The second kappa shape index (κ2) is 6.38. The monoisotopic (exact) mass is 353 g/mol. The lowest BCUT2D eigenvalue weighted by atomic mass is 9.75. The number of carbonyl (C=O) groups is 2. The zero-order chi connectivity index (χ0) is 17.7. The lowest BCUT2D eigenvalue weighted by Gasteiger charge is -2.52. The molecule has 5 heteroatoms. The number of piperidine rings is 3. The van der Waals surface area contributed by atoms with E-state index in [-0.39, 0.29) is 11.9 Å². The van der Waals surface area contributed by atoms with Crippen molar-refractivity contribution in [1.29, 1.82) is 0 Å². The van der Waals surface area contributed by atoms with E-state index in [4.69, 9.17) is 0 Å². The van der Waals surface area contributed by atoms with Crippen LogP contribution < -0.4 is 5.32 Å². The van der Waals surface area contributed by atoms with E-state index in [2.05, 4.69) is 39.4 Å². The average Bonchev–Trinajstić information content (AvgIpc) is 2.68. The van der Waals surface area contributed by atoms with Gasteiger partial charge in [-0.15, -0.1) is 0 Å². The second-order valence-corrected chi connectivity index (χ2v) is 8.52. The Bertz CT molecular complexity index is 734. The molecule has 2 unspecified atom stereocenters. The Balaban J connectivity index is 1.30. The minimum atomic E-state index is -0.104. The van der Waals surface area contributed by atoms with Crippen molar-refractivity contribution in [2.45, 2.75) is 50.7 Å². The van der Waals surface area contributed by atoms with Crippen LogP contribution in [0.2, 0.25) is 0 Å². The number of rotatable bonds is 1. The van der Waals surface area contributed by atoms with Crippen LogP contribution >= 0.6 is 0 Å². The molecule has 3 saturated heterocycles. The summed E-state index contributed by atoms with van der Waals surface area (Å²) >= 11 is 0. The molecule has 0 aromatic heterocycles. The molecule has 4 atom stereocenters. The van der Waals surface area contributed by atoms with Crippen molar-refractivity contribution < 1.29 is 9.59 Å². The molecule has 5 rings (SSSR count). The van der Waals surface area contributed by atoms with Crippen LogP contribution in [-0.2, 0) is 22.6 Å². The molecule has 4 aliphatic heterocycles. The summed E-state index contributed by atoms with van der Waals surface area (Å²) in [6, 6.07) is 8.67. The normalized spacial score (nSPS) is 33.5. The third kappa shape index (κ3) is 2.73. The number of hydrogen-bond donors (Lipinski definition) is 1. The molecule has 138 valence electrons. The van der Waals surface area contributed by atoms with Crippen LogP contribution in [0.4, 0.5) is 0 Å². The summed E-state index contributed by atoms with van der Waals surface area (Å²) in [5, 5.41) is 3.45. The summed E-state index contributed by atoms with van der Waals surface area (Å²) < 4.78 is 0. The smallest absolute Gasteiger partial charge is 0.240 e. The third-order valence-electron chi connectivity index (χ3n) is 6.87. The number of likely N-dealkylation sites (tertiary alicyclic amines) is 1. The van der Waals surface area contributed by atoms with E-state index in [1.807, 2.05) is 0 Å². The standard InChI is InChI=1S/C21H27N3O2/c25-20-7-3-6-19-17-8-14(12-24(19)20)11-23(13-17)21(26)18-9-15-4-1-2-5-16(15)10-22-18/h1-2,4-5,14,17-19,22H,3,6-13H2/t14?,17?,18-,19+/m1/s1. The summed E-state index contributed by atoms with van der Waals surface area (Å²) in [5.41, 5.74) is 2.61. The fraction of sp³-hybridized carbons (Fsp3) is 0.619. The van der Waals surface area contributed by atoms with E-state index < -0.39 is 0 Å². The Morgan fingerprint density at radius 3 is 2.85 bits per heavy atom. The number of nitrogens with zero attached hydrogens (tertiary/aromatic N) is 2. The van der Waals surface area contributed by atoms with E-state index in [0.717, 1.165) is 45.4 Å². The molecular weight excluding hydrogens is 326 g/mol. The molecule has 2 amide bonds. The Morgan fingerprint density at radius 2 is 1.96 bits per heavy atom. The molecule has 0 saturated carbocycles. The van der Waals surface area contributed by atoms with Crippen LogP contribution in [-0.4, -0.2) is 53.3 Å². The van der Waals surface area contributed by atoms with Crippen LogP contribution in [0.5, 0.6) is 0 Å². The first-order valence-corrected chi connectivity index (χ1v) is 10.1. The van der Waals surface area contributed by atoms with Gasteiger partial charge in [0.25, 0.3) is 0 Å². The highest BCUT2D eigenvalue weighted by atomic mass is 16.2. The van der Waals surface area contributed by atoms with Crippen LogP contribution in [0.3, 0.4) is 0 Å². The van der Waals surface area contributed by atoms with Crippen LogP contribution in [0, 0.1) is 11.8 Å². The molecule has 0 spiro atoms. The van der Waals surface area contributed by atoms with Crippen molar-refractivity contribution in [2.24, 2.45) is 11.8 Å².